The number of nitrogens with one attached hydrogen (secondary N) is 3. The molecule has 1 aliphatic heterocycles. The molecule has 0 saturated carbocycles. The highest BCUT2D eigenvalue weighted by Gasteiger charge is 2.36. The van der Waals surface area contributed by atoms with E-state index in [2.05, 4.69) is 16.0 Å². The van der Waals surface area contributed by atoms with Gasteiger partial charge in [0.25, 0.3) is 0 Å². The number of allylic oxidation sites excluding steroid dienone is 1. The van der Waals surface area contributed by atoms with Gasteiger partial charge in [-0.25, -0.2) is 14.4 Å². The van der Waals surface area contributed by atoms with Crippen LogP contribution in [0.5, 0.6) is 11.5 Å². The number of carbonyl (C=O) groups is 3. The molecule has 2 aromatic carbocycles. The first-order chi connectivity index (χ1) is 17.3. The molecule has 1 unspecified atom stereocenters. The second kappa shape index (κ2) is 12.0. The fourth-order valence-electron chi connectivity index (χ4n) is 3.94. The predicted octanol–water partition coefficient (Wildman–Crippen LogP) is 4.66. The number of anilines is 2. The molecule has 0 bridgehead atoms. The lowest BCUT2D eigenvalue weighted by Crippen LogP contribution is -2.48. The molecule has 192 valence electrons. The number of methoxy groups -OCH3 is 2. The number of amides is 4. The van der Waals surface area contributed by atoms with Gasteiger partial charge in [0.1, 0.15) is 11.5 Å². The van der Waals surface area contributed by atoms with Gasteiger partial charge in [-0.05, 0) is 50.1 Å². The highest BCUT2D eigenvalue weighted by Crippen LogP contribution is 2.32. The number of nitrogens with zero attached hydrogens (tertiary/aromatic N) is 1. The number of hydrogen-bond donors (Lipinski definition) is 3. The molecule has 3 rings (SSSR count). The van der Waals surface area contributed by atoms with Crippen LogP contribution in [-0.2, 0) is 9.53 Å². The molecule has 0 aromatic heterocycles. The zero-order valence-electron chi connectivity index (χ0n) is 21.1. The van der Waals surface area contributed by atoms with E-state index in [-0.39, 0.29) is 12.6 Å². The molecule has 4 amide bonds. The van der Waals surface area contributed by atoms with Crippen LogP contribution in [0.1, 0.15) is 38.8 Å². The van der Waals surface area contributed by atoms with Crippen LogP contribution < -0.4 is 25.4 Å². The fraction of sp³-hybridized carbons (Fsp3) is 0.346. The molecular weight excluding hydrogens is 464 g/mol. The Morgan fingerprint density at radius 2 is 1.75 bits per heavy atom. The summed E-state index contributed by atoms with van der Waals surface area (Å²) < 4.78 is 15.8. The lowest BCUT2D eigenvalue weighted by Gasteiger charge is -2.35. The van der Waals surface area contributed by atoms with Gasteiger partial charge in [0.05, 0.1) is 38.1 Å². The number of ether oxygens (including phenoxy) is 3. The second-order valence-corrected chi connectivity index (χ2v) is 8.02. The summed E-state index contributed by atoms with van der Waals surface area (Å²) in [5.41, 5.74) is 2.64. The highest BCUT2D eigenvalue weighted by molar-refractivity contribution is 6.01. The van der Waals surface area contributed by atoms with Crippen LogP contribution in [0.25, 0.3) is 0 Å². The molecule has 10 heteroatoms. The molecule has 1 atom stereocenters. The standard InChI is InChI=1S/C26H32N4O6/c1-6-14-30-16(3)22(24(31)36-7-2)23(29-26(30)33)17-8-10-18(11-9-17)27-25(32)28-20-13-12-19(34-4)15-21(20)35-5/h8-13,15,23H,6-7,14H2,1-5H3,(H,29,33)(H2,27,28,32). The van der Waals surface area contributed by atoms with Gasteiger partial charge in [0.15, 0.2) is 0 Å². The molecule has 0 fully saturated rings. The molecule has 3 N–H and O–H groups in total. The molecule has 0 spiro atoms. The first-order valence-corrected chi connectivity index (χ1v) is 11.7. The van der Waals surface area contributed by atoms with Crippen molar-refractivity contribution in [2.24, 2.45) is 0 Å². The van der Waals surface area contributed by atoms with Crippen molar-refractivity contribution < 1.29 is 28.6 Å². The van der Waals surface area contributed by atoms with Crippen molar-refractivity contribution in [2.45, 2.75) is 33.2 Å². The largest absolute Gasteiger partial charge is 0.497 e. The molecular formula is C26H32N4O6. The van der Waals surface area contributed by atoms with Crippen LogP contribution in [0, 0.1) is 0 Å². The maximum absolute atomic E-state index is 12.8. The minimum Gasteiger partial charge on any atom is -0.497 e. The van der Waals surface area contributed by atoms with Crippen LogP contribution in [-0.4, -0.2) is 50.3 Å². The summed E-state index contributed by atoms with van der Waals surface area (Å²) in [5, 5.41) is 8.41. The Morgan fingerprint density at radius 1 is 1.03 bits per heavy atom. The van der Waals surface area contributed by atoms with E-state index in [0.29, 0.717) is 46.3 Å². The minimum absolute atomic E-state index is 0.223. The lowest BCUT2D eigenvalue weighted by molar-refractivity contribution is -0.139. The number of esters is 1. The maximum atomic E-state index is 12.8. The van der Waals surface area contributed by atoms with E-state index in [4.69, 9.17) is 14.2 Å². The quantitative estimate of drug-likeness (QED) is 0.435. The van der Waals surface area contributed by atoms with Crippen molar-refractivity contribution in [2.75, 3.05) is 38.0 Å². The third-order valence-corrected chi connectivity index (χ3v) is 5.70. The molecule has 10 nitrogen and oxygen atoms in total. The Morgan fingerprint density at radius 3 is 2.36 bits per heavy atom. The first-order valence-electron chi connectivity index (χ1n) is 11.7. The summed E-state index contributed by atoms with van der Waals surface area (Å²) in [5.74, 6) is 0.585. The summed E-state index contributed by atoms with van der Waals surface area (Å²) in [6, 6.07) is 10.5. The van der Waals surface area contributed by atoms with Gasteiger partial charge in [-0.15, -0.1) is 0 Å². The molecule has 1 heterocycles. The zero-order chi connectivity index (χ0) is 26.2. The molecule has 0 saturated heterocycles. The summed E-state index contributed by atoms with van der Waals surface area (Å²) in [4.78, 5) is 39.6. The Hall–Kier alpha value is -4.21. The van der Waals surface area contributed by atoms with Gasteiger partial charge in [0.2, 0.25) is 0 Å². The third-order valence-electron chi connectivity index (χ3n) is 5.70. The predicted molar refractivity (Wildman–Crippen MR) is 136 cm³/mol. The van der Waals surface area contributed by atoms with Crippen LogP contribution >= 0.6 is 0 Å². The van der Waals surface area contributed by atoms with E-state index in [1.165, 1.54) is 7.11 Å². The Balaban J connectivity index is 1.78. The van der Waals surface area contributed by atoms with Gasteiger partial charge >= 0.3 is 18.0 Å². The topological polar surface area (TPSA) is 118 Å². The second-order valence-electron chi connectivity index (χ2n) is 8.02. The maximum Gasteiger partial charge on any atom is 0.338 e. The van der Waals surface area contributed by atoms with E-state index in [9.17, 15) is 14.4 Å². The monoisotopic (exact) mass is 496 g/mol. The van der Waals surface area contributed by atoms with Gasteiger partial charge in [0, 0.05) is 24.0 Å². The van der Waals surface area contributed by atoms with Crippen LogP contribution in [0.15, 0.2) is 53.7 Å². The normalized spacial score (nSPS) is 15.2. The van der Waals surface area contributed by atoms with E-state index < -0.39 is 18.0 Å². The van der Waals surface area contributed by atoms with Gasteiger partial charge < -0.3 is 30.2 Å². The van der Waals surface area contributed by atoms with Gasteiger partial charge in [-0.2, -0.15) is 0 Å². The summed E-state index contributed by atoms with van der Waals surface area (Å²) in [6.07, 6.45) is 0.746. The minimum atomic E-state index is -0.670. The van der Waals surface area contributed by atoms with Crippen molar-refractivity contribution in [3.63, 3.8) is 0 Å². The van der Waals surface area contributed by atoms with Crippen molar-refractivity contribution >= 4 is 29.4 Å². The average Bonchev–Trinajstić information content (AvgIpc) is 2.87. The Labute approximate surface area is 210 Å². The number of benzene rings is 2. The van der Waals surface area contributed by atoms with Crippen LogP contribution in [0.4, 0.5) is 21.0 Å². The average molecular weight is 497 g/mol. The summed E-state index contributed by atoms with van der Waals surface area (Å²) >= 11 is 0. The smallest absolute Gasteiger partial charge is 0.338 e. The van der Waals surface area contributed by atoms with E-state index in [1.54, 1.807) is 68.3 Å². The van der Waals surface area contributed by atoms with E-state index >= 15 is 0 Å². The third kappa shape index (κ3) is 5.88. The lowest BCUT2D eigenvalue weighted by atomic mass is 9.94. The van der Waals surface area contributed by atoms with Gasteiger partial charge in [-0.1, -0.05) is 19.1 Å². The van der Waals surface area contributed by atoms with Gasteiger partial charge in [-0.3, -0.25) is 4.90 Å². The first kappa shape index (κ1) is 26.4. The number of carbonyl (C=O) groups excluding carboxylic acids is 3. The number of urea groups is 2. The van der Waals surface area contributed by atoms with E-state index in [1.807, 2.05) is 6.92 Å². The zero-order valence-corrected chi connectivity index (χ0v) is 21.1. The van der Waals surface area contributed by atoms with Crippen molar-refractivity contribution in [1.82, 2.24) is 10.2 Å². The van der Waals surface area contributed by atoms with Crippen molar-refractivity contribution in [1.29, 1.82) is 0 Å². The Kier molecular flexibility index (Phi) is 8.77. The number of hydrogen-bond acceptors (Lipinski definition) is 6. The summed E-state index contributed by atoms with van der Waals surface area (Å²) in [6.45, 7) is 6.16. The Bertz CT molecular complexity index is 1150. The molecule has 1 aliphatic rings. The SMILES string of the molecule is CCCN1C(=O)NC(c2ccc(NC(=O)Nc3ccc(OC)cc3OC)cc2)C(C(=O)OCC)=C1C. The fourth-order valence-corrected chi connectivity index (χ4v) is 3.94. The van der Waals surface area contributed by atoms with Crippen molar-refractivity contribution in [3.05, 3.63) is 59.3 Å². The molecule has 0 radical (unpaired) electrons. The van der Waals surface area contributed by atoms with Crippen LogP contribution in [0.3, 0.4) is 0 Å². The summed E-state index contributed by atoms with van der Waals surface area (Å²) in [7, 11) is 3.05. The highest BCUT2D eigenvalue weighted by atomic mass is 16.5. The molecule has 0 aliphatic carbocycles. The van der Waals surface area contributed by atoms with Crippen LogP contribution in [0.2, 0.25) is 0 Å². The van der Waals surface area contributed by atoms with E-state index in [0.717, 1.165) is 6.42 Å². The number of rotatable bonds is 9. The molecule has 2 aromatic rings. The van der Waals surface area contributed by atoms with Crippen molar-refractivity contribution in [3.8, 4) is 11.5 Å². The molecule has 36 heavy (non-hydrogen) atoms.